The van der Waals surface area contributed by atoms with E-state index in [4.69, 9.17) is 22.1 Å². The van der Waals surface area contributed by atoms with Gasteiger partial charge < -0.3 is 20.7 Å². The van der Waals surface area contributed by atoms with Crippen molar-refractivity contribution in [3.05, 3.63) is 52.9 Å². The van der Waals surface area contributed by atoms with Crippen LogP contribution in [0.15, 0.2) is 36.5 Å². The number of primary amides is 1. The normalized spacial score (nSPS) is 14.6. The first-order valence-electron chi connectivity index (χ1n) is 11.4. The summed E-state index contributed by atoms with van der Waals surface area (Å²) in [5.41, 5.74) is 8.50. The van der Waals surface area contributed by atoms with E-state index >= 15 is 0 Å². The number of anilines is 3. The fourth-order valence-corrected chi connectivity index (χ4v) is 4.43. The average Bonchev–Trinajstić information content (AvgIpc) is 2.81. The minimum absolute atomic E-state index is 0.0219. The number of nitrogens with two attached hydrogens (primary N) is 1. The second kappa shape index (κ2) is 10.0. The van der Waals surface area contributed by atoms with Gasteiger partial charge in [0.1, 0.15) is 11.6 Å². The van der Waals surface area contributed by atoms with Crippen LogP contribution in [-0.2, 0) is 0 Å². The van der Waals surface area contributed by atoms with E-state index in [0.29, 0.717) is 34.9 Å². The van der Waals surface area contributed by atoms with Gasteiger partial charge in [0.15, 0.2) is 0 Å². The molecule has 1 amide bonds. The zero-order valence-electron chi connectivity index (χ0n) is 19.6. The van der Waals surface area contributed by atoms with Gasteiger partial charge in [-0.3, -0.25) is 14.7 Å². The second-order valence-electron chi connectivity index (χ2n) is 8.55. The first-order chi connectivity index (χ1) is 16.3. The largest absolute Gasteiger partial charge is 0.492 e. The minimum atomic E-state index is -0.619. The van der Waals surface area contributed by atoms with Gasteiger partial charge in [-0.15, -0.1) is 0 Å². The number of hydrogen-bond donors (Lipinski definition) is 2. The topological polar surface area (TPSA) is 83.7 Å². The molecule has 0 saturated carbocycles. The summed E-state index contributed by atoms with van der Waals surface area (Å²) in [5.74, 6) is -0.403. The lowest BCUT2D eigenvalue weighted by Gasteiger charge is -2.38. The number of aromatic nitrogens is 1. The first kappa shape index (κ1) is 24.0. The van der Waals surface area contributed by atoms with Gasteiger partial charge in [-0.2, -0.15) is 0 Å². The fourth-order valence-electron chi connectivity index (χ4n) is 4.25. The Balaban J connectivity index is 1.82. The summed E-state index contributed by atoms with van der Waals surface area (Å²) in [7, 11) is 0. The molecule has 2 aromatic carbocycles. The molecule has 3 N–H and O–H groups in total. The molecule has 0 aliphatic carbocycles. The van der Waals surface area contributed by atoms with Crippen LogP contribution in [0.5, 0.6) is 5.75 Å². The third kappa shape index (κ3) is 4.88. The van der Waals surface area contributed by atoms with Crippen LogP contribution in [0, 0.1) is 5.82 Å². The lowest BCUT2D eigenvalue weighted by atomic mass is 10.1. The number of amides is 1. The second-order valence-corrected chi connectivity index (χ2v) is 8.96. The van der Waals surface area contributed by atoms with Crippen LogP contribution in [0.25, 0.3) is 10.9 Å². The van der Waals surface area contributed by atoms with Gasteiger partial charge in [-0.25, -0.2) is 4.39 Å². The van der Waals surface area contributed by atoms with Crippen molar-refractivity contribution in [3.63, 3.8) is 0 Å². The summed E-state index contributed by atoms with van der Waals surface area (Å²) in [6.07, 6.45) is 1.44. The molecule has 1 aliphatic rings. The molecule has 1 fully saturated rings. The van der Waals surface area contributed by atoms with E-state index in [2.05, 4.69) is 33.9 Å². The highest BCUT2D eigenvalue weighted by Crippen LogP contribution is 2.38. The molecule has 4 rings (SSSR count). The number of hydrogen-bond acceptors (Lipinski definition) is 6. The van der Waals surface area contributed by atoms with Gasteiger partial charge in [-0.05, 0) is 45.0 Å². The van der Waals surface area contributed by atoms with Crippen LogP contribution >= 0.6 is 11.6 Å². The molecule has 0 bridgehead atoms. The van der Waals surface area contributed by atoms with Gasteiger partial charge in [-0.1, -0.05) is 11.6 Å². The number of nitrogens with one attached hydrogen (secondary N) is 1. The highest BCUT2D eigenvalue weighted by molar-refractivity contribution is 6.31. The quantitative estimate of drug-likeness (QED) is 0.500. The molecule has 0 spiro atoms. The fraction of sp³-hybridized carbons (Fsp3) is 0.360. The van der Waals surface area contributed by atoms with Crippen molar-refractivity contribution in [1.82, 2.24) is 9.88 Å². The van der Waals surface area contributed by atoms with E-state index < -0.39 is 11.7 Å². The number of carbonyl (C=O) groups excluding carboxylic acids is 1. The smallest absolute Gasteiger partial charge is 0.252 e. The van der Waals surface area contributed by atoms with Crippen LogP contribution in [-0.4, -0.2) is 54.6 Å². The maximum Gasteiger partial charge on any atom is 0.252 e. The molecule has 7 nitrogen and oxygen atoms in total. The van der Waals surface area contributed by atoms with Gasteiger partial charge in [0.05, 0.1) is 34.1 Å². The Kier molecular flexibility index (Phi) is 7.09. The first-order valence-corrected chi connectivity index (χ1v) is 11.8. The summed E-state index contributed by atoms with van der Waals surface area (Å²) >= 11 is 5.97. The van der Waals surface area contributed by atoms with Gasteiger partial charge in [0, 0.05) is 55.6 Å². The third-order valence-electron chi connectivity index (χ3n) is 6.09. The Hall–Kier alpha value is -3.10. The van der Waals surface area contributed by atoms with Gasteiger partial charge in [0.2, 0.25) is 0 Å². The van der Waals surface area contributed by atoms with Crippen molar-refractivity contribution in [2.45, 2.75) is 26.8 Å². The lowest BCUT2D eigenvalue weighted by Crippen LogP contribution is -2.49. The number of halogens is 2. The molecule has 34 heavy (non-hydrogen) atoms. The molecule has 1 aromatic heterocycles. The number of carbonyl (C=O) groups is 1. The standard InChI is InChI=1S/C25H29ClFN5O2/c1-4-34-23-13-21-17(12-22(23)32-9-7-31(8-10-32)15(2)3)24(18(14-29-21)25(28)33)30-16-5-6-20(27)19(26)11-16/h5-6,11-15H,4,7-10H2,1-3H3,(H2,28,33)(H,29,30). The molecule has 2 heterocycles. The Labute approximate surface area is 203 Å². The van der Waals surface area contributed by atoms with E-state index in [1.807, 2.05) is 19.1 Å². The molecule has 1 aliphatic heterocycles. The monoisotopic (exact) mass is 485 g/mol. The summed E-state index contributed by atoms with van der Waals surface area (Å²) < 4.78 is 19.7. The Morgan fingerprint density at radius 2 is 1.97 bits per heavy atom. The maximum absolute atomic E-state index is 13.7. The minimum Gasteiger partial charge on any atom is -0.492 e. The van der Waals surface area contributed by atoms with E-state index in [1.165, 1.54) is 18.3 Å². The van der Waals surface area contributed by atoms with Crippen molar-refractivity contribution in [2.24, 2.45) is 5.73 Å². The summed E-state index contributed by atoms with van der Waals surface area (Å²) in [6, 6.07) is 8.65. The Bertz CT molecular complexity index is 1210. The number of nitrogens with zero attached hydrogens (tertiary/aromatic N) is 3. The highest BCUT2D eigenvalue weighted by Gasteiger charge is 2.23. The van der Waals surface area contributed by atoms with E-state index in [-0.39, 0.29) is 10.6 Å². The zero-order chi connectivity index (χ0) is 24.4. The van der Waals surface area contributed by atoms with Gasteiger partial charge in [0.25, 0.3) is 5.91 Å². The van der Waals surface area contributed by atoms with Crippen molar-refractivity contribution in [3.8, 4) is 5.75 Å². The highest BCUT2D eigenvalue weighted by atomic mass is 35.5. The van der Waals surface area contributed by atoms with Crippen molar-refractivity contribution in [1.29, 1.82) is 0 Å². The number of piperazine rings is 1. The predicted octanol–water partition coefficient (Wildman–Crippen LogP) is 4.80. The number of rotatable bonds is 7. The van der Waals surface area contributed by atoms with Crippen molar-refractivity contribution >= 4 is 45.5 Å². The zero-order valence-corrected chi connectivity index (χ0v) is 20.3. The molecule has 1 saturated heterocycles. The average molecular weight is 486 g/mol. The maximum atomic E-state index is 13.7. The van der Waals surface area contributed by atoms with Crippen LogP contribution in [0.3, 0.4) is 0 Å². The number of ether oxygens (including phenoxy) is 1. The lowest BCUT2D eigenvalue weighted by molar-refractivity contribution is 0.100. The number of fused-ring (bicyclic) bond motifs is 1. The molecule has 180 valence electrons. The predicted molar refractivity (Wildman–Crippen MR) is 135 cm³/mol. The third-order valence-corrected chi connectivity index (χ3v) is 6.38. The summed E-state index contributed by atoms with van der Waals surface area (Å²) in [4.78, 5) is 21.4. The van der Waals surface area contributed by atoms with Crippen LogP contribution in [0.4, 0.5) is 21.5 Å². The molecule has 0 unspecified atom stereocenters. The van der Waals surface area contributed by atoms with Crippen LogP contribution < -0.4 is 20.7 Å². The van der Waals surface area contributed by atoms with E-state index in [0.717, 1.165) is 37.6 Å². The Morgan fingerprint density at radius 3 is 2.59 bits per heavy atom. The molecule has 3 aromatic rings. The molecule has 0 radical (unpaired) electrons. The van der Waals surface area contributed by atoms with E-state index in [9.17, 15) is 9.18 Å². The van der Waals surface area contributed by atoms with Crippen LogP contribution in [0.1, 0.15) is 31.1 Å². The van der Waals surface area contributed by atoms with Crippen molar-refractivity contribution in [2.75, 3.05) is 43.0 Å². The summed E-state index contributed by atoms with van der Waals surface area (Å²) in [5, 5.41) is 3.90. The van der Waals surface area contributed by atoms with Crippen molar-refractivity contribution < 1.29 is 13.9 Å². The molecular formula is C25H29ClFN5O2. The molecular weight excluding hydrogens is 457 g/mol. The van der Waals surface area contributed by atoms with Crippen LogP contribution in [0.2, 0.25) is 5.02 Å². The number of pyridine rings is 1. The molecule has 0 atom stereocenters. The van der Waals surface area contributed by atoms with Gasteiger partial charge >= 0.3 is 0 Å². The summed E-state index contributed by atoms with van der Waals surface area (Å²) in [6.45, 7) is 10.5. The number of benzene rings is 2. The molecule has 9 heteroatoms. The Morgan fingerprint density at radius 1 is 1.24 bits per heavy atom. The SMILES string of the molecule is CCOc1cc2ncc(C(N)=O)c(Nc3ccc(F)c(Cl)c3)c2cc1N1CCN(C(C)C)CC1. The van der Waals surface area contributed by atoms with E-state index in [1.54, 1.807) is 6.07 Å².